The first-order valence-electron chi connectivity index (χ1n) is 4.79. The van der Waals surface area contributed by atoms with Crippen molar-refractivity contribution >= 4 is 11.6 Å². The number of alkyl halides is 1. The maximum atomic E-state index is 9.78. The molecule has 14 heavy (non-hydrogen) atoms. The quantitative estimate of drug-likeness (QED) is 0.764. The summed E-state index contributed by atoms with van der Waals surface area (Å²) >= 11 is 5.59. The molecule has 0 bridgehead atoms. The van der Waals surface area contributed by atoms with Crippen LogP contribution in [-0.4, -0.2) is 17.6 Å². The zero-order valence-electron chi connectivity index (χ0n) is 8.29. The maximum absolute atomic E-state index is 9.78. The van der Waals surface area contributed by atoms with Crippen molar-refractivity contribution in [3.05, 3.63) is 23.8 Å². The molecule has 0 atom stereocenters. The predicted octanol–water partition coefficient (Wildman–Crippen LogP) is 2.96. The van der Waals surface area contributed by atoms with E-state index in [4.69, 9.17) is 16.3 Å². The van der Waals surface area contributed by atoms with Crippen molar-refractivity contribution in [3.8, 4) is 11.5 Å². The fourth-order valence-electron chi connectivity index (χ4n) is 1.30. The van der Waals surface area contributed by atoms with Crippen LogP contribution in [0.3, 0.4) is 0 Å². The third kappa shape index (κ3) is 2.81. The van der Waals surface area contributed by atoms with E-state index in [1.54, 1.807) is 6.07 Å². The summed E-state index contributed by atoms with van der Waals surface area (Å²) in [6.07, 6.45) is 1.65. The van der Waals surface area contributed by atoms with Gasteiger partial charge in [0.05, 0.1) is 6.61 Å². The van der Waals surface area contributed by atoms with Gasteiger partial charge in [-0.2, -0.15) is 0 Å². The molecular formula is C11H15ClO2. The molecule has 0 spiro atoms. The van der Waals surface area contributed by atoms with E-state index < -0.39 is 0 Å². The molecule has 78 valence electrons. The zero-order valence-corrected chi connectivity index (χ0v) is 9.05. The number of rotatable bonds is 5. The van der Waals surface area contributed by atoms with Crippen LogP contribution in [0.1, 0.15) is 18.9 Å². The van der Waals surface area contributed by atoms with Gasteiger partial charge in [-0.3, -0.25) is 0 Å². The molecule has 0 aliphatic heterocycles. The molecule has 2 nitrogen and oxygen atoms in total. The van der Waals surface area contributed by atoms with Gasteiger partial charge in [-0.05, 0) is 31.4 Å². The van der Waals surface area contributed by atoms with Crippen LogP contribution >= 0.6 is 11.6 Å². The van der Waals surface area contributed by atoms with Crippen LogP contribution in [0.25, 0.3) is 0 Å². The predicted molar refractivity (Wildman–Crippen MR) is 58.3 cm³/mol. The number of halogens is 1. The Kier molecular flexibility index (Phi) is 4.60. The van der Waals surface area contributed by atoms with Gasteiger partial charge < -0.3 is 9.84 Å². The van der Waals surface area contributed by atoms with Gasteiger partial charge in [0.1, 0.15) is 0 Å². The molecule has 0 aliphatic carbocycles. The molecule has 0 fully saturated rings. The van der Waals surface area contributed by atoms with Gasteiger partial charge in [-0.1, -0.05) is 12.1 Å². The average molecular weight is 215 g/mol. The van der Waals surface area contributed by atoms with E-state index in [1.165, 1.54) is 0 Å². The fourth-order valence-corrected chi connectivity index (χ4v) is 1.43. The van der Waals surface area contributed by atoms with Crippen molar-refractivity contribution < 1.29 is 9.84 Å². The highest BCUT2D eigenvalue weighted by molar-refractivity contribution is 6.17. The van der Waals surface area contributed by atoms with Crippen molar-refractivity contribution in [2.45, 2.75) is 19.8 Å². The number of phenols is 1. The second kappa shape index (κ2) is 5.76. The third-order valence-electron chi connectivity index (χ3n) is 1.96. The van der Waals surface area contributed by atoms with Crippen molar-refractivity contribution in [2.24, 2.45) is 0 Å². The van der Waals surface area contributed by atoms with E-state index in [0.717, 1.165) is 18.4 Å². The molecular weight excluding hydrogens is 200 g/mol. The standard InChI is InChI=1S/C11H15ClO2/c1-2-14-10-7-3-5-9(11(10)13)6-4-8-12/h3,5,7,13H,2,4,6,8H2,1H3. The van der Waals surface area contributed by atoms with Crippen LogP contribution in [0.5, 0.6) is 11.5 Å². The first kappa shape index (κ1) is 11.2. The fraction of sp³-hybridized carbons (Fsp3) is 0.455. The van der Waals surface area contributed by atoms with E-state index in [2.05, 4.69) is 0 Å². The number of benzene rings is 1. The Hall–Kier alpha value is -0.890. The highest BCUT2D eigenvalue weighted by atomic mass is 35.5. The molecule has 0 aromatic heterocycles. The summed E-state index contributed by atoms with van der Waals surface area (Å²) in [5, 5.41) is 9.78. The van der Waals surface area contributed by atoms with E-state index in [-0.39, 0.29) is 5.75 Å². The van der Waals surface area contributed by atoms with Crippen molar-refractivity contribution in [1.29, 1.82) is 0 Å². The van der Waals surface area contributed by atoms with Crippen LogP contribution in [-0.2, 0) is 6.42 Å². The molecule has 1 N–H and O–H groups in total. The molecule has 1 aromatic carbocycles. The lowest BCUT2D eigenvalue weighted by molar-refractivity contribution is 0.316. The number of hydrogen-bond acceptors (Lipinski definition) is 2. The monoisotopic (exact) mass is 214 g/mol. The number of para-hydroxylation sites is 1. The van der Waals surface area contributed by atoms with Crippen molar-refractivity contribution in [3.63, 3.8) is 0 Å². The summed E-state index contributed by atoms with van der Waals surface area (Å²) in [7, 11) is 0. The van der Waals surface area contributed by atoms with E-state index >= 15 is 0 Å². The molecule has 1 rings (SSSR count). The third-order valence-corrected chi connectivity index (χ3v) is 2.23. The van der Waals surface area contributed by atoms with Crippen LogP contribution < -0.4 is 4.74 Å². The molecule has 0 saturated heterocycles. The Morgan fingerprint density at radius 1 is 1.43 bits per heavy atom. The van der Waals surface area contributed by atoms with Gasteiger partial charge in [0.25, 0.3) is 0 Å². The Balaban J connectivity index is 2.78. The van der Waals surface area contributed by atoms with Gasteiger partial charge in [0.2, 0.25) is 0 Å². The van der Waals surface area contributed by atoms with Crippen molar-refractivity contribution in [2.75, 3.05) is 12.5 Å². The number of aromatic hydroxyl groups is 1. The molecule has 0 aliphatic rings. The Morgan fingerprint density at radius 2 is 2.21 bits per heavy atom. The van der Waals surface area contributed by atoms with Crippen LogP contribution in [0, 0.1) is 0 Å². The largest absolute Gasteiger partial charge is 0.504 e. The molecule has 0 saturated carbocycles. The lowest BCUT2D eigenvalue weighted by Crippen LogP contribution is -1.94. The van der Waals surface area contributed by atoms with Crippen LogP contribution in [0.15, 0.2) is 18.2 Å². The molecule has 0 heterocycles. The Bertz CT molecular complexity index is 287. The first-order chi connectivity index (χ1) is 6.79. The van der Waals surface area contributed by atoms with E-state index in [1.807, 2.05) is 19.1 Å². The lowest BCUT2D eigenvalue weighted by Gasteiger charge is -2.09. The normalized spacial score (nSPS) is 10.1. The minimum absolute atomic E-state index is 0.250. The molecule has 1 aromatic rings. The summed E-state index contributed by atoms with van der Waals surface area (Å²) in [4.78, 5) is 0. The van der Waals surface area contributed by atoms with E-state index in [9.17, 15) is 5.11 Å². The lowest BCUT2D eigenvalue weighted by atomic mass is 10.1. The van der Waals surface area contributed by atoms with Crippen molar-refractivity contribution in [1.82, 2.24) is 0 Å². The molecule has 0 amide bonds. The molecule has 0 unspecified atom stereocenters. The second-order valence-electron chi connectivity index (χ2n) is 2.99. The Labute approximate surface area is 89.5 Å². The SMILES string of the molecule is CCOc1cccc(CCCCl)c1O. The summed E-state index contributed by atoms with van der Waals surface area (Å²) < 4.78 is 5.27. The van der Waals surface area contributed by atoms with Crippen LogP contribution in [0.2, 0.25) is 0 Å². The summed E-state index contributed by atoms with van der Waals surface area (Å²) in [5.41, 5.74) is 0.900. The minimum atomic E-state index is 0.250. The number of phenolic OH excluding ortho intramolecular Hbond substituents is 1. The van der Waals surface area contributed by atoms with Gasteiger partial charge in [-0.25, -0.2) is 0 Å². The topological polar surface area (TPSA) is 29.5 Å². The van der Waals surface area contributed by atoms with E-state index in [0.29, 0.717) is 18.2 Å². The summed E-state index contributed by atoms with van der Waals surface area (Å²) in [5.74, 6) is 1.41. The van der Waals surface area contributed by atoms with Crippen LogP contribution in [0.4, 0.5) is 0 Å². The van der Waals surface area contributed by atoms with Gasteiger partial charge in [0.15, 0.2) is 11.5 Å². The summed E-state index contributed by atoms with van der Waals surface area (Å²) in [6.45, 7) is 2.46. The van der Waals surface area contributed by atoms with Gasteiger partial charge in [0, 0.05) is 5.88 Å². The number of ether oxygens (including phenoxy) is 1. The smallest absolute Gasteiger partial charge is 0.161 e. The first-order valence-corrected chi connectivity index (χ1v) is 5.32. The van der Waals surface area contributed by atoms with Gasteiger partial charge in [-0.15, -0.1) is 11.6 Å². The number of hydrogen-bond donors (Lipinski definition) is 1. The maximum Gasteiger partial charge on any atom is 0.161 e. The highest BCUT2D eigenvalue weighted by Gasteiger charge is 2.06. The highest BCUT2D eigenvalue weighted by Crippen LogP contribution is 2.30. The van der Waals surface area contributed by atoms with Gasteiger partial charge >= 0.3 is 0 Å². The molecule has 0 radical (unpaired) electrons. The average Bonchev–Trinajstić information content (AvgIpc) is 2.20. The zero-order chi connectivity index (χ0) is 10.4. The summed E-state index contributed by atoms with van der Waals surface area (Å²) in [6, 6.07) is 5.54. The second-order valence-corrected chi connectivity index (χ2v) is 3.37. The number of aryl methyl sites for hydroxylation is 1. The minimum Gasteiger partial charge on any atom is -0.504 e. The molecule has 3 heteroatoms. The Morgan fingerprint density at radius 3 is 2.86 bits per heavy atom.